The average Bonchev–Trinajstić information content (AvgIpc) is 2.87. The fourth-order valence-corrected chi connectivity index (χ4v) is 2.71. The minimum atomic E-state index is 0. The predicted molar refractivity (Wildman–Crippen MR) is 114 cm³/mol. The number of aliphatic imine (C=N–C) groups is 1. The molecule has 7 heteroatoms. The molecule has 0 fully saturated rings. The molecule has 1 aromatic heterocycles. The molecule has 0 atom stereocenters. The van der Waals surface area contributed by atoms with Crippen molar-refractivity contribution in [3.8, 4) is 0 Å². The number of benzene rings is 1. The summed E-state index contributed by atoms with van der Waals surface area (Å²) in [6.07, 6.45) is 1.72. The van der Waals surface area contributed by atoms with Crippen LogP contribution in [0.25, 0.3) is 0 Å². The van der Waals surface area contributed by atoms with Crippen LogP contribution in [0, 0.1) is 13.8 Å². The lowest BCUT2D eigenvalue weighted by Crippen LogP contribution is -2.38. The van der Waals surface area contributed by atoms with Gasteiger partial charge in [-0.3, -0.25) is 4.99 Å². The summed E-state index contributed by atoms with van der Waals surface area (Å²) in [5.74, 6) is 1.70. The molecule has 1 heterocycles. The highest BCUT2D eigenvalue weighted by molar-refractivity contribution is 14.0. The van der Waals surface area contributed by atoms with E-state index in [1.807, 2.05) is 32.0 Å². The molecule has 0 unspecified atom stereocenters. The van der Waals surface area contributed by atoms with Gasteiger partial charge in [0.05, 0.1) is 5.69 Å². The average molecular weight is 477 g/mol. The number of hydrogen-bond donors (Lipinski definition) is 2. The first kappa shape index (κ1) is 21.8. The number of aryl methyl sites for hydroxylation is 2. The van der Waals surface area contributed by atoms with Crippen LogP contribution in [0.1, 0.15) is 29.5 Å². The zero-order valence-corrected chi connectivity index (χ0v) is 18.0. The Labute approximate surface area is 171 Å². The number of rotatable bonds is 7. The molecule has 138 valence electrons. The summed E-state index contributed by atoms with van der Waals surface area (Å²) >= 11 is 6.01. The summed E-state index contributed by atoms with van der Waals surface area (Å²) in [5.41, 5.74) is 3.30. The second kappa shape index (κ2) is 11.4. The van der Waals surface area contributed by atoms with Crippen LogP contribution in [0.15, 0.2) is 33.8 Å². The number of aromatic nitrogens is 1. The van der Waals surface area contributed by atoms with E-state index in [1.165, 1.54) is 5.56 Å². The van der Waals surface area contributed by atoms with Crippen molar-refractivity contribution < 1.29 is 4.52 Å². The molecule has 0 saturated heterocycles. The Balaban J connectivity index is 0.00000312. The highest BCUT2D eigenvalue weighted by atomic mass is 127. The number of guanidine groups is 1. The fraction of sp³-hybridized carbons (Fsp3) is 0.444. The molecule has 0 radical (unpaired) electrons. The lowest BCUT2D eigenvalue weighted by atomic mass is 10.1. The topological polar surface area (TPSA) is 62.5 Å². The maximum Gasteiger partial charge on any atom is 0.191 e. The van der Waals surface area contributed by atoms with E-state index < -0.39 is 0 Å². The molecular formula is C18H26ClIN4O. The van der Waals surface area contributed by atoms with Crippen molar-refractivity contribution >= 4 is 41.5 Å². The summed E-state index contributed by atoms with van der Waals surface area (Å²) in [6, 6.07) is 7.93. The van der Waals surface area contributed by atoms with E-state index in [1.54, 1.807) is 0 Å². The van der Waals surface area contributed by atoms with Gasteiger partial charge in [-0.2, -0.15) is 0 Å². The largest absolute Gasteiger partial charge is 0.361 e. The fourth-order valence-electron chi connectivity index (χ4n) is 2.50. The summed E-state index contributed by atoms with van der Waals surface area (Å²) in [6.45, 7) is 8.28. The first-order valence-electron chi connectivity index (χ1n) is 8.28. The molecule has 0 spiro atoms. The molecule has 2 aromatic rings. The summed E-state index contributed by atoms with van der Waals surface area (Å²) in [7, 11) is 0. The zero-order valence-electron chi connectivity index (χ0n) is 14.9. The third-order valence-electron chi connectivity index (χ3n) is 3.75. The second-order valence-electron chi connectivity index (χ2n) is 5.62. The molecule has 0 amide bonds. The monoisotopic (exact) mass is 476 g/mol. The Morgan fingerprint density at radius 1 is 1.24 bits per heavy atom. The first-order valence-corrected chi connectivity index (χ1v) is 8.66. The Morgan fingerprint density at radius 2 is 2.04 bits per heavy atom. The Kier molecular flexibility index (Phi) is 9.89. The maximum absolute atomic E-state index is 6.01. The van der Waals surface area contributed by atoms with Gasteiger partial charge in [0, 0.05) is 30.2 Å². The van der Waals surface area contributed by atoms with E-state index >= 15 is 0 Å². The van der Waals surface area contributed by atoms with Gasteiger partial charge < -0.3 is 15.2 Å². The van der Waals surface area contributed by atoms with Crippen LogP contribution in [0.5, 0.6) is 0 Å². The summed E-state index contributed by atoms with van der Waals surface area (Å²) in [5, 5.41) is 11.4. The van der Waals surface area contributed by atoms with Crippen LogP contribution >= 0.6 is 35.6 Å². The van der Waals surface area contributed by atoms with E-state index in [9.17, 15) is 0 Å². The highest BCUT2D eigenvalue weighted by Gasteiger charge is 2.08. The molecule has 0 bridgehead atoms. The van der Waals surface area contributed by atoms with Crippen LogP contribution in [-0.2, 0) is 12.8 Å². The molecule has 0 aliphatic carbocycles. The molecule has 25 heavy (non-hydrogen) atoms. The number of halogens is 2. The predicted octanol–water partition coefficient (Wildman–Crippen LogP) is 3.90. The van der Waals surface area contributed by atoms with Gasteiger partial charge in [-0.1, -0.05) is 28.9 Å². The van der Waals surface area contributed by atoms with E-state index in [0.29, 0.717) is 6.54 Å². The Hall–Kier alpha value is -1.28. The molecule has 2 N–H and O–H groups in total. The van der Waals surface area contributed by atoms with Gasteiger partial charge in [0.25, 0.3) is 0 Å². The lowest BCUT2D eigenvalue weighted by Gasteiger charge is -2.11. The summed E-state index contributed by atoms with van der Waals surface area (Å²) < 4.78 is 5.18. The van der Waals surface area contributed by atoms with E-state index in [4.69, 9.17) is 16.1 Å². The SMILES string of the molecule is CCNC(=NCCc1c(C)noc1C)NCCc1cccc(Cl)c1.I. The first-order chi connectivity index (χ1) is 11.6. The Morgan fingerprint density at radius 3 is 2.68 bits per heavy atom. The highest BCUT2D eigenvalue weighted by Crippen LogP contribution is 2.12. The van der Waals surface area contributed by atoms with E-state index in [2.05, 4.69) is 33.8 Å². The number of nitrogens with one attached hydrogen (secondary N) is 2. The van der Waals surface area contributed by atoms with Crippen LogP contribution in [-0.4, -0.2) is 30.8 Å². The molecule has 1 aromatic carbocycles. The van der Waals surface area contributed by atoms with Gasteiger partial charge in [0.2, 0.25) is 0 Å². The molecule has 2 rings (SSSR count). The van der Waals surface area contributed by atoms with Gasteiger partial charge in [0.15, 0.2) is 5.96 Å². The normalized spacial score (nSPS) is 11.1. The van der Waals surface area contributed by atoms with Crippen molar-refractivity contribution in [2.24, 2.45) is 4.99 Å². The van der Waals surface area contributed by atoms with Crippen LogP contribution in [0.3, 0.4) is 0 Å². The van der Waals surface area contributed by atoms with Crippen LogP contribution in [0.4, 0.5) is 0 Å². The standard InChI is InChI=1S/C18H25ClN4O.HI/c1-4-20-18(21-10-8-15-6-5-7-16(19)12-15)22-11-9-17-13(2)23-24-14(17)3;/h5-7,12H,4,8-11H2,1-3H3,(H2,20,21,22);1H. The van der Waals surface area contributed by atoms with Crippen LogP contribution in [0.2, 0.25) is 5.02 Å². The van der Waals surface area contributed by atoms with Gasteiger partial charge in [-0.15, -0.1) is 24.0 Å². The minimum Gasteiger partial charge on any atom is -0.361 e. The van der Waals surface area contributed by atoms with E-state index in [0.717, 1.165) is 53.9 Å². The maximum atomic E-state index is 6.01. The van der Waals surface area contributed by atoms with Crippen molar-refractivity contribution in [2.45, 2.75) is 33.6 Å². The van der Waals surface area contributed by atoms with Crippen LogP contribution < -0.4 is 10.6 Å². The van der Waals surface area contributed by atoms with E-state index in [-0.39, 0.29) is 24.0 Å². The summed E-state index contributed by atoms with van der Waals surface area (Å²) in [4.78, 5) is 4.62. The van der Waals surface area contributed by atoms with Crippen molar-refractivity contribution in [1.29, 1.82) is 0 Å². The molecule has 0 saturated carbocycles. The molecule has 0 aliphatic rings. The van der Waals surface area contributed by atoms with Gasteiger partial charge >= 0.3 is 0 Å². The van der Waals surface area contributed by atoms with Gasteiger partial charge in [-0.05, 0) is 51.3 Å². The number of nitrogens with zero attached hydrogens (tertiary/aromatic N) is 2. The molecule has 0 aliphatic heterocycles. The van der Waals surface area contributed by atoms with Crippen molar-refractivity contribution in [1.82, 2.24) is 15.8 Å². The third kappa shape index (κ3) is 7.23. The third-order valence-corrected chi connectivity index (χ3v) is 3.99. The quantitative estimate of drug-likeness (QED) is 0.361. The molecular weight excluding hydrogens is 451 g/mol. The number of hydrogen-bond acceptors (Lipinski definition) is 3. The van der Waals surface area contributed by atoms with Crippen molar-refractivity contribution in [3.05, 3.63) is 51.9 Å². The lowest BCUT2D eigenvalue weighted by molar-refractivity contribution is 0.392. The Bertz CT molecular complexity index is 668. The van der Waals surface area contributed by atoms with Gasteiger partial charge in [-0.25, -0.2) is 0 Å². The van der Waals surface area contributed by atoms with Crippen molar-refractivity contribution in [3.63, 3.8) is 0 Å². The zero-order chi connectivity index (χ0) is 17.4. The van der Waals surface area contributed by atoms with Crippen molar-refractivity contribution in [2.75, 3.05) is 19.6 Å². The van der Waals surface area contributed by atoms with Gasteiger partial charge in [0.1, 0.15) is 5.76 Å². The minimum absolute atomic E-state index is 0. The second-order valence-corrected chi connectivity index (χ2v) is 6.06. The smallest absolute Gasteiger partial charge is 0.191 e. The molecule has 5 nitrogen and oxygen atoms in total.